The van der Waals surface area contributed by atoms with Crippen LogP contribution in [0.1, 0.15) is 10.4 Å². The van der Waals surface area contributed by atoms with Crippen molar-refractivity contribution in [3.05, 3.63) is 35.4 Å². The Kier molecular flexibility index (Phi) is 4.40. The standard InChI is InChI=1S/C12H16ClN3O/c1-8(13)7-15-12(17)10-6-9(14)4-5-11(10)16(2)3/h4-6H,1,7,14H2,2-3H3,(H,15,17). The normalized spacial score (nSPS) is 9.82. The van der Waals surface area contributed by atoms with Crippen molar-refractivity contribution in [1.29, 1.82) is 0 Å². The monoisotopic (exact) mass is 253 g/mol. The highest BCUT2D eigenvalue weighted by atomic mass is 35.5. The van der Waals surface area contributed by atoms with Gasteiger partial charge in [-0.25, -0.2) is 0 Å². The van der Waals surface area contributed by atoms with E-state index in [1.165, 1.54) is 0 Å². The molecule has 0 saturated heterocycles. The summed E-state index contributed by atoms with van der Waals surface area (Å²) in [7, 11) is 3.73. The third-order valence-corrected chi connectivity index (χ3v) is 2.32. The molecule has 0 spiro atoms. The molecule has 0 aliphatic rings. The minimum atomic E-state index is -0.220. The molecule has 4 nitrogen and oxygen atoms in total. The number of carbonyl (C=O) groups excluding carboxylic acids is 1. The Hall–Kier alpha value is -1.68. The first-order valence-corrected chi connectivity index (χ1v) is 5.48. The lowest BCUT2D eigenvalue weighted by Crippen LogP contribution is -2.26. The lowest BCUT2D eigenvalue weighted by molar-refractivity contribution is 0.0958. The highest BCUT2D eigenvalue weighted by Gasteiger charge is 2.12. The van der Waals surface area contributed by atoms with Gasteiger partial charge in [-0.3, -0.25) is 4.79 Å². The molecule has 0 unspecified atom stereocenters. The minimum absolute atomic E-state index is 0.220. The van der Waals surface area contributed by atoms with E-state index in [1.54, 1.807) is 18.2 Å². The number of rotatable bonds is 4. The second-order valence-corrected chi connectivity index (χ2v) is 4.41. The van der Waals surface area contributed by atoms with Crippen molar-refractivity contribution in [3.8, 4) is 0 Å². The number of hydrogen-bond acceptors (Lipinski definition) is 3. The molecule has 92 valence electrons. The third kappa shape index (κ3) is 3.67. The summed E-state index contributed by atoms with van der Waals surface area (Å²) < 4.78 is 0. The maximum atomic E-state index is 11.9. The molecule has 0 aliphatic heterocycles. The van der Waals surface area contributed by atoms with Crippen molar-refractivity contribution in [2.45, 2.75) is 0 Å². The highest BCUT2D eigenvalue weighted by molar-refractivity contribution is 6.29. The zero-order valence-electron chi connectivity index (χ0n) is 9.96. The fraction of sp³-hybridized carbons (Fsp3) is 0.250. The molecule has 0 fully saturated rings. The molecule has 0 heterocycles. The van der Waals surface area contributed by atoms with Gasteiger partial charge in [0.05, 0.1) is 12.1 Å². The highest BCUT2D eigenvalue weighted by Crippen LogP contribution is 2.21. The topological polar surface area (TPSA) is 58.4 Å². The molecule has 1 rings (SSSR count). The van der Waals surface area contributed by atoms with Crippen LogP contribution in [0.5, 0.6) is 0 Å². The molecule has 0 aliphatic carbocycles. The van der Waals surface area contributed by atoms with Gasteiger partial charge < -0.3 is 16.0 Å². The smallest absolute Gasteiger partial charge is 0.253 e. The number of amides is 1. The number of nitrogen functional groups attached to an aromatic ring is 1. The van der Waals surface area contributed by atoms with Crippen LogP contribution in [0.4, 0.5) is 11.4 Å². The van der Waals surface area contributed by atoms with E-state index in [-0.39, 0.29) is 12.5 Å². The SMILES string of the molecule is C=C(Cl)CNC(=O)c1cc(N)ccc1N(C)C. The van der Waals surface area contributed by atoms with Crippen molar-refractivity contribution in [2.24, 2.45) is 0 Å². The summed E-state index contributed by atoms with van der Waals surface area (Å²) in [5, 5.41) is 3.05. The first-order chi connectivity index (χ1) is 7.91. The van der Waals surface area contributed by atoms with Gasteiger partial charge in [-0.2, -0.15) is 0 Å². The van der Waals surface area contributed by atoms with Gasteiger partial charge in [-0.1, -0.05) is 18.2 Å². The van der Waals surface area contributed by atoms with Crippen molar-refractivity contribution in [1.82, 2.24) is 5.32 Å². The van der Waals surface area contributed by atoms with Crippen LogP contribution in [-0.4, -0.2) is 26.5 Å². The Morgan fingerprint density at radius 1 is 1.53 bits per heavy atom. The first-order valence-electron chi connectivity index (χ1n) is 5.10. The first kappa shape index (κ1) is 13.4. The van der Waals surface area contributed by atoms with E-state index in [0.717, 1.165) is 5.69 Å². The van der Waals surface area contributed by atoms with E-state index in [9.17, 15) is 4.79 Å². The van der Waals surface area contributed by atoms with Crippen LogP contribution in [0.15, 0.2) is 29.8 Å². The number of hydrogen-bond donors (Lipinski definition) is 2. The lowest BCUT2D eigenvalue weighted by atomic mass is 10.1. The van der Waals surface area contributed by atoms with Gasteiger partial charge in [0.15, 0.2) is 0 Å². The van der Waals surface area contributed by atoms with E-state index < -0.39 is 0 Å². The number of nitrogens with two attached hydrogens (primary N) is 1. The van der Waals surface area contributed by atoms with E-state index in [2.05, 4.69) is 11.9 Å². The van der Waals surface area contributed by atoms with Crippen molar-refractivity contribution in [3.63, 3.8) is 0 Å². The average Bonchev–Trinajstić information content (AvgIpc) is 2.25. The van der Waals surface area contributed by atoms with Gasteiger partial charge in [0.25, 0.3) is 5.91 Å². The van der Waals surface area contributed by atoms with Crippen LogP contribution < -0.4 is 16.0 Å². The second kappa shape index (κ2) is 5.59. The molecule has 0 bridgehead atoms. The summed E-state index contributed by atoms with van der Waals surface area (Å²) >= 11 is 5.60. The maximum Gasteiger partial charge on any atom is 0.253 e. The summed E-state index contributed by atoms with van der Waals surface area (Å²) in [6.45, 7) is 3.75. The number of carbonyl (C=O) groups is 1. The number of halogens is 1. The third-order valence-electron chi connectivity index (χ3n) is 2.19. The number of benzene rings is 1. The fourth-order valence-corrected chi connectivity index (χ4v) is 1.46. The van der Waals surface area contributed by atoms with Crippen LogP contribution in [0.25, 0.3) is 0 Å². The summed E-state index contributed by atoms with van der Waals surface area (Å²) in [5.41, 5.74) is 7.55. The molecular weight excluding hydrogens is 238 g/mol. The molecule has 0 radical (unpaired) electrons. The number of anilines is 2. The summed E-state index contributed by atoms with van der Waals surface area (Å²) in [5.74, 6) is -0.220. The van der Waals surface area contributed by atoms with Gasteiger partial charge in [-0.05, 0) is 18.2 Å². The Morgan fingerprint density at radius 2 is 2.18 bits per heavy atom. The molecule has 3 N–H and O–H groups in total. The van der Waals surface area contributed by atoms with Gasteiger partial charge >= 0.3 is 0 Å². The fourth-order valence-electron chi connectivity index (χ4n) is 1.40. The molecule has 1 amide bonds. The van der Waals surface area contributed by atoms with Crippen LogP contribution in [0.2, 0.25) is 0 Å². The van der Waals surface area contributed by atoms with E-state index in [0.29, 0.717) is 16.3 Å². The Morgan fingerprint density at radius 3 is 2.71 bits per heavy atom. The Bertz CT molecular complexity index is 443. The summed E-state index contributed by atoms with van der Waals surface area (Å²) in [6, 6.07) is 5.20. The summed E-state index contributed by atoms with van der Waals surface area (Å²) in [4.78, 5) is 13.8. The molecule has 0 atom stereocenters. The minimum Gasteiger partial charge on any atom is -0.399 e. The quantitative estimate of drug-likeness (QED) is 0.805. The molecule has 5 heteroatoms. The Balaban J connectivity index is 2.98. The average molecular weight is 254 g/mol. The molecule has 17 heavy (non-hydrogen) atoms. The van der Waals surface area contributed by atoms with Crippen molar-refractivity contribution >= 4 is 28.9 Å². The Labute approximate surface area is 106 Å². The molecular formula is C12H16ClN3O. The lowest BCUT2D eigenvalue weighted by Gasteiger charge is -2.17. The molecule has 0 saturated carbocycles. The largest absolute Gasteiger partial charge is 0.399 e. The van der Waals surface area contributed by atoms with Crippen LogP contribution in [0, 0.1) is 0 Å². The number of nitrogens with one attached hydrogen (secondary N) is 1. The maximum absolute atomic E-state index is 11.9. The number of nitrogens with zero attached hydrogens (tertiary/aromatic N) is 1. The molecule has 1 aromatic rings. The zero-order valence-corrected chi connectivity index (χ0v) is 10.7. The molecule has 1 aromatic carbocycles. The summed E-state index contributed by atoms with van der Waals surface area (Å²) in [6.07, 6.45) is 0. The van der Waals surface area contributed by atoms with Crippen LogP contribution >= 0.6 is 11.6 Å². The van der Waals surface area contributed by atoms with Crippen molar-refractivity contribution < 1.29 is 4.79 Å². The van der Waals surface area contributed by atoms with Gasteiger partial charge in [0.1, 0.15) is 0 Å². The predicted octanol–water partition coefficient (Wildman–Crippen LogP) is 1.82. The molecule has 0 aromatic heterocycles. The van der Waals surface area contributed by atoms with E-state index >= 15 is 0 Å². The van der Waals surface area contributed by atoms with E-state index in [4.69, 9.17) is 17.3 Å². The van der Waals surface area contributed by atoms with Gasteiger partial charge in [-0.15, -0.1) is 0 Å². The van der Waals surface area contributed by atoms with Gasteiger partial charge in [0.2, 0.25) is 0 Å². The van der Waals surface area contributed by atoms with E-state index in [1.807, 2.05) is 19.0 Å². The van der Waals surface area contributed by atoms with Crippen LogP contribution in [0.3, 0.4) is 0 Å². The predicted molar refractivity (Wildman–Crippen MR) is 72.5 cm³/mol. The van der Waals surface area contributed by atoms with Crippen molar-refractivity contribution in [2.75, 3.05) is 31.3 Å². The zero-order chi connectivity index (χ0) is 13.0. The van der Waals surface area contributed by atoms with Crippen LogP contribution in [-0.2, 0) is 0 Å². The van der Waals surface area contributed by atoms with Gasteiger partial charge in [0, 0.05) is 30.5 Å². The second-order valence-electron chi connectivity index (χ2n) is 3.87.